The predicted octanol–water partition coefficient (Wildman–Crippen LogP) is 2.59. The standard InChI is InChI=1S/C12H17NOS/c1-14-10-5-2-4-9(8-10)12(13)11-6-3-7-15-11/h2,4-5,8,11-12H,3,6-7,13H2,1H3. The van der Waals surface area contributed by atoms with E-state index in [1.807, 2.05) is 30.0 Å². The molecule has 0 aromatic heterocycles. The van der Waals surface area contributed by atoms with Crippen LogP contribution in [-0.4, -0.2) is 18.1 Å². The van der Waals surface area contributed by atoms with E-state index in [1.165, 1.54) is 24.2 Å². The van der Waals surface area contributed by atoms with Crippen LogP contribution in [0.25, 0.3) is 0 Å². The monoisotopic (exact) mass is 223 g/mol. The fourth-order valence-electron chi connectivity index (χ4n) is 1.95. The maximum absolute atomic E-state index is 6.25. The van der Waals surface area contributed by atoms with Crippen molar-refractivity contribution in [1.29, 1.82) is 0 Å². The highest BCUT2D eigenvalue weighted by molar-refractivity contribution is 8.00. The Hall–Kier alpha value is -0.670. The zero-order valence-corrected chi connectivity index (χ0v) is 9.80. The van der Waals surface area contributed by atoms with Crippen LogP contribution in [0.15, 0.2) is 24.3 Å². The molecule has 0 aliphatic carbocycles. The molecule has 1 fully saturated rings. The number of benzene rings is 1. The van der Waals surface area contributed by atoms with Gasteiger partial charge in [-0.15, -0.1) is 0 Å². The first-order valence-corrected chi connectivity index (χ1v) is 6.37. The maximum atomic E-state index is 6.25. The highest BCUT2D eigenvalue weighted by Gasteiger charge is 2.23. The maximum Gasteiger partial charge on any atom is 0.119 e. The number of nitrogens with two attached hydrogens (primary N) is 1. The van der Waals surface area contributed by atoms with E-state index in [2.05, 4.69) is 6.07 Å². The van der Waals surface area contributed by atoms with Crippen molar-refractivity contribution in [2.24, 2.45) is 5.73 Å². The molecule has 2 atom stereocenters. The van der Waals surface area contributed by atoms with E-state index < -0.39 is 0 Å². The average molecular weight is 223 g/mol. The zero-order chi connectivity index (χ0) is 10.7. The summed E-state index contributed by atoms with van der Waals surface area (Å²) in [7, 11) is 1.69. The van der Waals surface area contributed by atoms with Gasteiger partial charge >= 0.3 is 0 Å². The van der Waals surface area contributed by atoms with E-state index >= 15 is 0 Å². The van der Waals surface area contributed by atoms with Gasteiger partial charge in [-0.1, -0.05) is 12.1 Å². The van der Waals surface area contributed by atoms with Gasteiger partial charge in [0.2, 0.25) is 0 Å². The van der Waals surface area contributed by atoms with Gasteiger partial charge in [-0.2, -0.15) is 11.8 Å². The molecule has 2 unspecified atom stereocenters. The number of rotatable bonds is 3. The van der Waals surface area contributed by atoms with E-state index in [0.29, 0.717) is 5.25 Å². The van der Waals surface area contributed by atoms with Crippen LogP contribution in [0.1, 0.15) is 24.4 Å². The summed E-state index contributed by atoms with van der Waals surface area (Å²) < 4.78 is 5.21. The molecule has 1 aliphatic rings. The molecular formula is C12H17NOS. The van der Waals surface area contributed by atoms with Crippen LogP contribution < -0.4 is 10.5 Å². The average Bonchev–Trinajstić information content (AvgIpc) is 2.81. The predicted molar refractivity (Wildman–Crippen MR) is 65.4 cm³/mol. The van der Waals surface area contributed by atoms with Crippen LogP contribution in [0.5, 0.6) is 5.75 Å². The normalized spacial score (nSPS) is 22.7. The molecule has 0 spiro atoms. The SMILES string of the molecule is COc1cccc(C(N)C2CCCS2)c1. The summed E-state index contributed by atoms with van der Waals surface area (Å²) in [5.41, 5.74) is 7.44. The Morgan fingerprint density at radius 1 is 1.53 bits per heavy atom. The minimum absolute atomic E-state index is 0.146. The first-order chi connectivity index (χ1) is 7.31. The highest BCUT2D eigenvalue weighted by atomic mass is 32.2. The number of thioether (sulfide) groups is 1. The molecule has 1 heterocycles. The van der Waals surface area contributed by atoms with Crippen LogP contribution >= 0.6 is 11.8 Å². The summed E-state index contributed by atoms with van der Waals surface area (Å²) in [6.45, 7) is 0. The van der Waals surface area contributed by atoms with Gasteiger partial charge in [-0.3, -0.25) is 0 Å². The Balaban J connectivity index is 2.13. The lowest BCUT2D eigenvalue weighted by Crippen LogP contribution is -2.21. The summed E-state index contributed by atoms with van der Waals surface area (Å²) in [4.78, 5) is 0. The lowest BCUT2D eigenvalue weighted by atomic mass is 10.0. The quantitative estimate of drug-likeness (QED) is 0.855. The minimum Gasteiger partial charge on any atom is -0.497 e. The van der Waals surface area contributed by atoms with Crippen molar-refractivity contribution in [1.82, 2.24) is 0 Å². The summed E-state index contributed by atoms with van der Waals surface area (Å²) in [5.74, 6) is 2.15. The summed E-state index contributed by atoms with van der Waals surface area (Å²) in [6.07, 6.45) is 2.54. The van der Waals surface area contributed by atoms with E-state index in [4.69, 9.17) is 10.5 Å². The molecule has 0 saturated carbocycles. The number of hydrogen-bond acceptors (Lipinski definition) is 3. The van der Waals surface area contributed by atoms with Gasteiger partial charge in [0.05, 0.1) is 7.11 Å². The third-order valence-electron chi connectivity index (χ3n) is 2.84. The van der Waals surface area contributed by atoms with Crippen molar-refractivity contribution in [3.8, 4) is 5.75 Å². The molecule has 1 aromatic carbocycles. The van der Waals surface area contributed by atoms with Crippen LogP contribution in [0.3, 0.4) is 0 Å². The van der Waals surface area contributed by atoms with Crippen molar-refractivity contribution in [3.63, 3.8) is 0 Å². The fourth-order valence-corrected chi connectivity index (χ4v) is 3.28. The first-order valence-electron chi connectivity index (χ1n) is 5.32. The summed E-state index contributed by atoms with van der Waals surface area (Å²) in [5, 5.41) is 0.581. The minimum atomic E-state index is 0.146. The van der Waals surface area contributed by atoms with E-state index in [0.717, 1.165) is 5.75 Å². The fraction of sp³-hybridized carbons (Fsp3) is 0.500. The number of hydrogen-bond donors (Lipinski definition) is 1. The Morgan fingerprint density at radius 3 is 3.07 bits per heavy atom. The Morgan fingerprint density at radius 2 is 2.40 bits per heavy atom. The molecule has 2 N–H and O–H groups in total. The molecule has 82 valence electrons. The second-order valence-corrected chi connectivity index (χ2v) is 5.20. The summed E-state index contributed by atoms with van der Waals surface area (Å²) >= 11 is 1.99. The molecule has 2 nitrogen and oxygen atoms in total. The van der Waals surface area contributed by atoms with Gasteiger partial charge in [-0.25, -0.2) is 0 Å². The van der Waals surface area contributed by atoms with Gasteiger partial charge < -0.3 is 10.5 Å². The highest BCUT2D eigenvalue weighted by Crippen LogP contribution is 2.35. The second-order valence-electron chi connectivity index (χ2n) is 3.85. The van der Waals surface area contributed by atoms with Gasteiger partial charge in [0.1, 0.15) is 5.75 Å². The third-order valence-corrected chi connectivity index (χ3v) is 4.33. The molecular weight excluding hydrogens is 206 g/mol. The van der Waals surface area contributed by atoms with Crippen LogP contribution in [0, 0.1) is 0 Å². The van der Waals surface area contributed by atoms with Gasteiger partial charge in [0, 0.05) is 11.3 Å². The Labute approximate surface area is 95.2 Å². The van der Waals surface area contributed by atoms with Gasteiger partial charge in [0.15, 0.2) is 0 Å². The lowest BCUT2D eigenvalue weighted by Gasteiger charge is -2.18. The molecule has 0 amide bonds. The van der Waals surface area contributed by atoms with E-state index in [1.54, 1.807) is 7.11 Å². The molecule has 1 aliphatic heterocycles. The van der Waals surface area contributed by atoms with Gasteiger partial charge in [-0.05, 0) is 36.3 Å². The van der Waals surface area contributed by atoms with Crippen LogP contribution in [0.2, 0.25) is 0 Å². The van der Waals surface area contributed by atoms with Crippen LogP contribution in [-0.2, 0) is 0 Å². The molecule has 15 heavy (non-hydrogen) atoms. The van der Waals surface area contributed by atoms with Crippen molar-refractivity contribution < 1.29 is 4.74 Å². The van der Waals surface area contributed by atoms with Gasteiger partial charge in [0.25, 0.3) is 0 Å². The third kappa shape index (κ3) is 2.47. The van der Waals surface area contributed by atoms with E-state index in [-0.39, 0.29) is 6.04 Å². The Bertz CT molecular complexity index is 323. The number of methoxy groups -OCH3 is 1. The summed E-state index contributed by atoms with van der Waals surface area (Å²) in [6, 6.07) is 8.24. The van der Waals surface area contributed by atoms with Crippen molar-refractivity contribution in [2.45, 2.75) is 24.1 Å². The topological polar surface area (TPSA) is 35.2 Å². The van der Waals surface area contributed by atoms with Crippen molar-refractivity contribution >= 4 is 11.8 Å². The molecule has 0 radical (unpaired) electrons. The molecule has 3 heteroatoms. The largest absolute Gasteiger partial charge is 0.497 e. The first kappa shape index (κ1) is 10.8. The van der Waals surface area contributed by atoms with Crippen molar-refractivity contribution in [3.05, 3.63) is 29.8 Å². The van der Waals surface area contributed by atoms with Crippen LogP contribution in [0.4, 0.5) is 0 Å². The Kier molecular flexibility index (Phi) is 3.54. The molecule has 0 bridgehead atoms. The lowest BCUT2D eigenvalue weighted by molar-refractivity contribution is 0.413. The van der Waals surface area contributed by atoms with E-state index in [9.17, 15) is 0 Å². The molecule has 1 saturated heterocycles. The van der Waals surface area contributed by atoms with Crippen molar-refractivity contribution in [2.75, 3.05) is 12.9 Å². The number of ether oxygens (including phenoxy) is 1. The second kappa shape index (κ2) is 4.90. The smallest absolute Gasteiger partial charge is 0.119 e. The molecule has 2 rings (SSSR count). The zero-order valence-electron chi connectivity index (χ0n) is 8.98. The molecule has 1 aromatic rings.